The Labute approximate surface area is 250 Å². The average Bonchev–Trinajstić information content (AvgIpc) is 3.48. The zero-order valence-electron chi connectivity index (χ0n) is 24.2. The first-order chi connectivity index (χ1) is 20.4. The average molecular weight is 590 g/mol. The van der Waals surface area contributed by atoms with Gasteiger partial charge < -0.3 is 31.0 Å². The number of piperazine rings is 1. The fraction of sp³-hybridized carbons (Fsp3) is 0.367. The summed E-state index contributed by atoms with van der Waals surface area (Å²) in [7, 11) is 3.78. The number of aliphatic imine (C=N–C) groups is 1. The molecule has 1 amide bonds. The molecule has 0 atom stereocenters. The third-order valence-corrected chi connectivity index (χ3v) is 8.73. The summed E-state index contributed by atoms with van der Waals surface area (Å²) in [4.78, 5) is 28.7. The van der Waals surface area contributed by atoms with Gasteiger partial charge in [-0.1, -0.05) is 12.6 Å². The number of nitrogens with two attached hydrogens (primary N) is 2. The zero-order valence-corrected chi connectivity index (χ0v) is 25.0. The molecule has 0 spiro atoms. The van der Waals surface area contributed by atoms with Crippen LogP contribution in [0.15, 0.2) is 59.6 Å². The van der Waals surface area contributed by atoms with E-state index >= 15 is 0 Å². The highest BCUT2D eigenvalue weighted by Crippen LogP contribution is 2.40. The maximum Gasteiger partial charge on any atom is 0.247 e. The Hall–Kier alpha value is -3.97. The number of aromatic nitrogens is 1. The summed E-state index contributed by atoms with van der Waals surface area (Å²) in [6, 6.07) is 10.1. The Morgan fingerprint density at radius 1 is 1.17 bits per heavy atom. The number of carbonyl (C=O) groups is 1. The van der Waals surface area contributed by atoms with E-state index in [2.05, 4.69) is 49.0 Å². The standard InChI is InChI=1S/C30H39N9O2S/c1-4-30(40)35-24-16-25(34-29(31)17-23(36-32)20-5-6-22-28(15-20)42-19-33-22)27(41-3)18-26(24)39-9-7-21(8-10-39)38-13-11-37(2)12-14-38/h4-6,15-19,21,36H,1,7-14,32H2,2-3H3,(H2,31,34)(H,35,40)/b23-17-. The number of fused-ring (bicyclic) bond motifs is 1. The van der Waals surface area contributed by atoms with Crippen molar-refractivity contribution >= 4 is 56.1 Å². The molecule has 2 fully saturated rings. The number of hydrogen-bond donors (Lipinski definition) is 4. The SMILES string of the molecule is C=CC(=O)Nc1cc(N=C(N)/C=C(\NN)c2ccc3ncsc3c2)c(OC)cc1N1CCC(N2CCN(C)CC2)CC1. The van der Waals surface area contributed by atoms with Crippen molar-refractivity contribution in [2.75, 3.05) is 63.6 Å². The Bertz CT molecular complexity index is 1490. The van der Waals surface area contributed by atoms with E-state index in [0.29, 0.717) is 28.9 Å². The fourth-order valence-electron chi connectivity index (χ4n) is 5.56. The molecule has 1 aromatic heterocycles. The van der Waals surface area contributed by atoms with Gasteiger partial charge in [0.1, 0.15) is 17.3 Å². The molecule has 2 aliphatic rings. The van der Waals surface area contributed by atoms with Crippen molar-refractivity contribution in [3.05, 3.63) is 60.1 Å². The summed E-state index contributed by atoms with van der Waals surface area (Å²) in [5, 5.41) is 2.96. The molecule has 0 bridgehead atoms. The lowest BCUT2D eigenvalue weighted by Gasteiger charge is -2.43. The molecule has 2 aliphatic heterocycles. The number of methoxy groups -OCH3 is 1. The number of anilines is 2. The van der Waals surface area contributed by atoms with E-state index in [1.165, 1.54) is 6.08 Å². The van der Waals surface area contributed by atoms with Gasteiger partial charge in [0.2, 0.25) is 5.91 Å². The molecule has 12 heteroatoms. The molecule has 222 valence electrons. The number of hydrazine groups is 1. The third kappa shape index (κ3) is 6.73. The molecule has 0 unspecified atom stereocenters. The lowest BCUT2D eigenvalue weighted by Crippen LogP contribution is -2.52. The minimum atomic E-state index is -0.301. The molecule has 42 heavy (non-hydrogen) atoms. The van der Waals surface area contributed by atoms with E-state index in [1.807, 2.05) is 24.3 Å². The number of benzene rings is 2. The monoisotopic (exact) mass is 589 g/mol. The van der Waals surface area contributed by atoms with Crippen molar-refractivity contribution in [1.82, 2.24) is 20.2 Å². The Balaban J connectivity index is 1.40. The number of amides is 1. The van der Waals surface area contributed by atoms with E-state index in [9.17, 15) is 4.79 Å². The van der Waals surface area contributed by atoms with Crippen LogP contribution >= 0.6 is 11.3 Å². The number of hydrogen-bond acceptors (Lipinski definition) is 10. The molecule has 3 heterocycles. The second-order valence-electron chi connectivity index (χ2n) is 10.6. The summed E-state index contributed by atoms with van der Waals surface area (Å²) in [5.41, 5.74) is 15.3. The van der Waals surface area contributed by atoms with E-state index in [0.717, 1.165) is 73.6 Å². The number of carbonyl (C=O) groups excluding carboxylic acids is 1. The molecule has 2 aromatic carbocycles. The molecule has 11 nitrogen and oxygen atoms in total. The van der Waals surface area contributed by atoms with Crippen LogP contribution < -0.4 is 32.0 Å². The Morgan fingerprint density at radius 2 is 1.93 bits per heavy atom. The predicted octanol–water partition coefficient (Wildman–Crippen LogP) is 3.14. The van der Waals surface area contributed by atoms with Gasteiger partial charge in [-0.05, 0) is 44.2 Å². The molecule has 0 radical (unpaired) electrons. The number of rotatable bonds is 9. The van der Waals surface area contributed by atoms with Crippen molar-refractivity contribution in [2.24, 2.45) is 16.6 Å². The van der Waals surface area contributed by atoms with Crippen molar-refractivity contribution in [2.45, 2.75) is 18.9 Å². The van der Waals surface area contributed by atoms with Crippen LogP contribution in [0.2, 0.25) is 0 Å². The maximum absolute atomic E-state index is 12.4. The number of likely N-dealkylation sites (N-methyl/N-ethyl adjacent to an activating group) is 1. The van der Waals surface area contributed by atoms with E-state index in [4.69, 9.17) is 16.3 Å². The van der Waals surface area contributed by atoms with Crippen LogP contribution in [0.3, 0.4) is 0 Å². The van der Waals surface area contributed by atoms with Gasteiger partial charge in [0.15, 0.2) is 0 Å². The van der Waals surface area contributed by atoms with E-state index in [-0.39, 0.29) is 11.7 Å². The van der Waals surface area contributed by atoms with Gasteiger partial charge in [-0.15, -0.1) is 11.3 Å². The first kappa shape index (κ1) is 29.5. The maximum atomic E-state index is 12.4. The number of ether oxygens (including phenoxy) is 1. The zero-order chi connectivity index (χ0) is 29.6. The van der Waals surface area contributed by atoms with Crippen LogP contribution in [0, 0.1) is 0 Å². The number of nitrogens with zero attached hydrogens (tertiary/aromatic N) is 5. The molecule has 0 saturated carbocycles. The molecular weight excluding hydrogens is 550 g/mol. The quantitative estimate of drug-likeness (QED) is 0.0975. The van der Waals surface area contributed by atoms with Crippen LogP contribution in [-0.4, -0.2) is 86.0 Å². The molecule has 6 N–H and O–H groups in total. The normalized spacial score (nSPS) is 17.8. The summed E-state index contributed by atoms with van der Waals surface area (Å²) >= 11 is 1.55. The minimum absolute atomic E-state index is 0.215. The minimum Gasteiger partial charge on any atom is -0.494 e. The lowest BCUT2D eigenvalue weighted by atomic mass is 10.0. The fourth-order valence-corrected chi connectivity index (χ4v) is 6.28. The number of thiazole rings is 1. The summed E-state index contributed by atoms with van der Waals surface area (Å²) in [5.74, 6) is 6.31. The molecule has 0 aliphatic carbocycles. The predicted molar refractivity (Wildman–Crippen MR) is 172 cm³/mol. The first-order valence-corrected chi connectivity index (χ1v) is 15.0. The summed E-state index contributed by atoms with van der Waals surface area (Å²) < 4.78 is 6.78. The van der Waals surface area contributed by atoms with Crippen LogP contribution in [0.1, 0.15) is 18.4 Å². The second-order valence-corrected chi connectivity index (χ2v) is 11.5. The highest BCUT2D eigenvalue weighted by atomic mass is 32.1. The molecular formula is C30H39N9O2S. The van der Waals surface area contributed by atoms with Crippen LogP contribution in [0.4, 0.5) is 17.1 Å². The van der Waals surface area contributed by atoms with Gasteiger partial charge in [0, 0.05) is 63.0 Å². The highest BCUT2D eigenvalue weighted by Gasteiger charge is 2.28. The van der Waals surface area contributed by atoms with E-state index < -0.39 is 0 Å². The van der Waals surface area contributed by atoms with Gasteiger partial charge in [-0.25, -0.2) is 9.98 Å². The van der Waals surface area contributed by atoms with Crippen LogP contribution in [0.25, 0.3) is 15.9 Å². The summed E-state index contributed by atoms with van der Waals surface area (Å²) in [6.45, 7) is 9.81. The largest absolute Gasteiger partial charge is 0.494 e. The number of nitrogens with one attached hydrogen (secondary N) is 2. The van der Waals surface area contributed by atoms with Gasteiger partial charge in [0.05, 0.1) is 39.9 Å². The lowest BCUT2D eigenvalue weighted by molar-refractivity contribution is -0.111. The second kappa shape index (κ2) is 13.3. The van der Waals surface area contributed by atoms with Crippen LogP contribution in [0.5, 0.6) is 5.75 Å². The van der Waals surface area contributed by atoms with Gasteiger partial charge >= 0.3 is 0 Å². The van der Waals surface area contributed by atoms with Crippen molar-refractivity contribution in [3.63, 3.8) is 0 Å². The molecule has 2 saturated heterocycles. The van der Waals surface area contributed by atoms with Crippen molar-refractivity contribution < 1.29 is 9.53 Å². The topological polar surface area (TPSA) is 137 Å². The van der Waals surface area contributed by atoms with Gasteiger partial charge in [-0.2, -0.15) is 0 Å². The molecule has 5 rings (SSSR count). The smallest absolute Gasteiger partial charge is 0.247 e. The summed E-state index contributed by atoms with van der Waals surface area (Å²) in [6.07, 6.45) is 5.04. The van der Waals surface area contributed by atoms with Crippen molar-refractivity contribution in [1.29, 1.82) is 0 Å². The Kier molecular flexibility index (Phi) is 9.38. The van der Waals surface area contributed by atoms with Crippen molar-refractivity contribution in [3.8, 4) is 5.75 Å². The van der Waals surface area contributed by atoms with Gasteiger partial charge in [-0.3, -0.25) is 15.5 Å². The first-order valence-electron chi connectivity index (χ1n) is 14.1. The number of piperidine rings is 1. The van der Waals surface area contributed by atoms with E-state index in [1.54, 1.807) is 36.1 Å². The van der Waals surface area contributed by atoms with Gasteiger partial charge in [0.25, 0.3) is 0 Å². The third-order valence-electron chi connectivity index (χ3n) is 7.94. The number of amidine groups is 1. The Morgan fingerprint density at radius 3 is 2.62 bits per heavy atom. The van der Waals surface area contributed by atoms with Crippen LogP contribution in [-0.2, 0) is 4.79 Å². The molecule has 3 aromatic rings. The highest BCUT2D eigenvalue weighted by molar-refractivity contribution is 7.16.